The molecule has 2 amide bonds. The third-order valence-corrected chi connectivity index (χ3v) is 2.22. The van der Waals surface area contributed by atoms with Crippen molar-refractivity contribution in [3.05, 3.63) is 23.8 Å². The lowest BCUT2D eigenvalue weighted by Crippen LogP contribution is -2.34. The van der Waals surface area contributed by atoms with Gasteiger partial charge in [0.25, 0.3) is 11.8 Å². The molecule has 0 saturated carbocycles. The molecule has 5 N–H and O–H groups in total. The highest BCUT2D eigenvalue weighted by molar-refractivity contribution is 5.97. The number of likely N-dealkylation sites (N-methyl/N-ethyl adjacent to an activating group) is 1. The van der Waals surface area contributed by atoms with Crippen molar-refractivity contribution in [2.75, 3.05) is 12.8 Å². The molecule has 1 aromatic rings. The Balaban J connectivity index is 3.05. The Kier molecular flexibility index (Phi) is 3.92. The lowest BCUT2D eigenvalue weighted by Gasteiger charge is -2.16. The van der Waals surface area contributed by atoms with E-state index in [2.05, 4.69) is 5.32 Å². The van der Waals surface area contributed by atoms with Gasteiger partial charge in [0.15, 0.2) is 11.9 Å². The third kappa shape index (κ3) is 2.87. The van der Waals surface area contributed by atoms with Crippen LogP contribution in [0.15, 0.2) is 18.2 Å². The first-order chi connectivity index (χ1) is 7.97. The maximum Gasteiger partial charge on any atom is 0.260 e. The molecule has 0 radical (unpaired) electrons. The second kappa shape index (κ2) is 5.20. The Morgan fingerprint density at radius 3 is 2.59 bits per heavy atom. The number of nitrogens with two attached hydrogens (primary N) is 2. The molecule has 0 spiro atoms. The van der Waals surface area contributed by atoms with Gasteiger partial charge in [0.2, 0.25) is 0 Å². The van der Waals surface area contributed by atoms with Gasteiger partial charge in [-0.2, -0.15) is 0 Å². The summed E-state index contributed by atoms with van der Waals surface area (Å²) in [4.78, 5) is 22.5. The summed E-state index contributed by atoms with van der Waals surface area (Å²) in [7, 11) is 1.49. The molecule has 6 heteroatoms. The summed E-state index contributed by atoms with van der Waals surface area (Å²) in [6.07, 6.45) is -0.761. The van der Waals surface area contributed by atoms with Crippen molar-refractivity contribution in [3.63, 3.8) is 0 Å². The smallest absolute Gasteiger partial charge is 0.260 e. The van der Waals surface area contributed by atoms with E-state index >= 15 is 0 Å². The first-order valence-electron chi connectivity index (χ1n) is 5.04. The monoisotopic (exact) mass is 237 g/mol. The minimum atomic E-state index is -0.761. The quantitative estimate of drug-likeness (QED) is 0.634. The number of nitrogen functional groups attached to an aromatic ring is 1. The maximum absolute atomic E-state index is 11.3. The molecule has 92 valence electrons. The van der Waals surface area contributed by atoms with Crippen LogP contribution < -0.4 is 21.5 Å². The molecule has 1 atom stereocenters. The number of hydrogen-bond donors (Lipinski definition) is 3. The van der Waals surface area contributed by atoms with Crippen LogP contribution in [-0.2, 0) is 4.79 Å². The van der Waals surface area contributed by atoms with E-state index < -0.39 is 12.0 Å². The number of hydrogen-bond acceptors (Lipinski definition) is 4. The van der Waals surface area contributed by atoms with Gasteiger partial charge in [-0.05, 0) is 19.1 Å². The fourth-order valence-corrected chi connectivity index (χ4v) is 1.31. The van der Waals surface area contributed by atoms with Gasteiger partial charge in [-0.25, -0.2) is 0 Å². The molecule has 0 aromatic heterocycles. The molecule has 0 fully saturated rings. The van der Waals surface area contributed by atoms with Gasteiger partial charge in [0, 0.05) is 7.05 Å². The summed E-state index contributed by atoms with van der Waals surface area (Å²) in [5, 5.41) is 2.43. The van der Waals surface area contributed by atoms with Crippen molar-refractivity contribution in [3.8, 4) is 5.75 Å². The fourth-order valence-electron chi connectivity index (χ4n) is 1.31. The summed E-state index contributed by atoms with van der Waals surface area (Å²) in [5.41, 5.74) is 11.3. The molecule has 0 saturated heterocycles. The summed E-state index contributed by atoms with van der Waals surface area (Å²) < 4.78 is 5.35. The standard InChI is InChI=1S/C11H15N3O3/c1-6(11(16)14-2)17-9-7(10(13)15)4-3-5-8(9)12/h3-6H,12H2,1-2H3,(H2,13,15)(H,14,16). The number of anilines is 1. The molecule has 0 aliphatic rings. The van der Waals surface area contributed by atoms with Crippen molar-refractivity contribution in [1.29, 1.82) is 0 Å². The van der Waals surface area contributed by atoms with E-state index in [9.17, 15) is 9.59 Å². The number of carbonyl (C=O) groups is 2. The van der Waals surface area contributed by atoms with E-state index in [1.165, 1.54) is 13.1 Å². The fraction of sp³-hybridized carbons (Fsp3) is 0.273. The largest absolute Gasteiger partial charge is 0.478 e. The van der Waals surface area contributed by atoms with Crippen LogP contribution in [0.25, 0.3) is 0 Å². The molecule has 1 unspecified atom stereocenters. The van der Waals surface area contributed by atoms with E-state index in [0.29, 0.717) is 0 Å². The second-order valence-electron chi connectivity index (χ2n) is 3.46. The topological polar surface area (TPSA) is 107 Å². The van der Waals surface area contributed by atoms with Gasteiger partial charge in [-0.15, -0.1) is 0 Å². The van der Waals surface area contributed by atoms with Crippen LogP contribution in [0.4, 0.5) is 5.69 Å². The number of ether oxygens (including phenoxy) is 1. The van der Waals surface area contributed by atoms with Gasteiger partial charge in [-0.1, -0.05) is 6.07 Å². The SMILES string of the molecule is CNC(=O)C(C)Oc1c(N)cccc1C(N)=O. The summed E-state index contributed by atoms with van der Waals surface area (Å²) in [6, 6.07) is 4.65. The van der Waals surface area contributed by atoms with E-state index in [4.69, 9.17) is 16.2 Å². The number of benzene rings is 1. The van der Waals surface area contributed by atoms with Gasteiger partial charge in [0.1, 0.15) is 0 Å². The highest BCUT2D eigenvalue weighted by Gasteiger charge is 2.18. The van der Waals surface area contributed by atoms with Crippen molar-refractivity contribution < 1.29 is 14.3 Å². The van der Waals surface area contributed by atoms with Crippen molar-refractivity contribution in [2.45, 2.75) is 13.0 Å². The van der Waals surface area contributed by atoms with Crippen LogP contribution in [-0.4, -0.2) is 25.0 Å². The molecular weight excluding hydrogens is 222 g/mol. The second-order valence-corrected chi connectivity index (χ2v) is 3.46. The summed E-state index contributed by atoms with van der Waals surface area (Å²) >= 11 is 0. The van der Waals surface area contributed by atoms with Gasteiger partial charge in [-0.3, -0.25) is 9.59 Å². The van der Waals surface area contributed by atoms with E-state index in [1.807, 2.05) is 0 Å². The molecule has 0 aliphatic heterocycles. The number of para-hydroxylation sites is 1. The van der Waals surface area contributed by atoms with Crippen molar-refractivity contribution in [1.82, 2.24) is 5.32 Å². The van der Waals surface area contributed by atoms with Crippen LogP contribution >= 0.6 is 0 Å². The number of carbonyl (C=O) groups excluding carboxylic acids is 2. The Labute approximate surface area is 98.9 Å². The highest BCUT2D eigenvalue weighted by Crippen LogP contribution is 2.27. The Hall–Kier alpha value is -2.24. The normalized spacial score (nSPS) is 11.6. The summed E-state index contributed by atoms with van der Waals surface area (Å²) in [5.74, 6) is -0.837. The minimum absolute atomic E-state index is 0.135. The zero-order valence-corrected chi connectivity index (χ0v) is 9.69. The number of rotatable bonds is 4. The van der Waals surface area contributed by atoms with Gasteiger partial charge >= 0.3 is 0 Å². The predicted octanol–water partition coefficient (Wildman–Crippen LogP) is -0.119. The van der Waals surface area contributed by atoms with Crippen LogP contribution in [0.3, 0.4) is 0 Å². The lowest BCUT2D eigenvalue weighted by atomic mass is 10.1. The number of nitrogens with one attached hydrogen (secondary N) is 1. The predicted molar refractivity (Wildman–Crippen MR) is 63.5 cm³/mol. The van der Waals surface area contributed by atoms with E-state index in [0.717, 1.165) is 0 Å². The van der Waals surface area contributed by atoms with Crippen LogP contribution in [0.1, 0.15) is 17.3 Å². The van der Waals surface area contributed by atoms with E-state index in [-0.39, 0.29) is 22.9 Å². The molecule has 1 rings (SSSR count). The molecule has 0 bridgehead atoms. The zero-order chi connectivity index (χ0) is 13.0. The highest BCUT2D eigenvalue weighted by atomic mass is 16.5. The van der Waals surface area contributed by atoms with Gasteiger partial charge in [0.05, 0.1) is 11.3 Å². The Morgan fingerprint density at radius 1 is 1.41 bits per heavy atom. The molecule has 1 aromatic carbocycles. The first-order valence-corrected chi connectivity index (χ1v) is 5.04. The van der Waals surface area contributed by atoms with E-state index in [1.54, 1.807) is 19.1 Å². The zero-order valence-electron chi connectivity index (χ0n) is 9.69. The molecule has 17 heavy (non-hydrogen) atoms. The molecular formula is C11H15N3O3. The Bertz CT molecular complexity index is 446. The minimum Gasteiger partial charge on any atom is -0.478 e. The van der Waals surface area contributed by atoms with Crippen molar-refractivity contribution >= 4 is 17.5 Å². The lowest BCUT2D eigenvalue weighted by molar-refractivity contribution is -0.126. The van der Waals surface area contributed by atoms with Crippen LogP contribution in [0, 0.1) is 0 Å². The molecule has 6 nitrogen and oxygen atoms in total. The first kappa shape index (κ1) is 12.8. The number of primary amides is 1. The average Bonchev–Trinajstić information content (AvgIpc) is 2.30. The summed E-state index contributed by atoms with van der Waals surface area (Å²) in [6.45, 7) is 1.55. The number of amides is 2. The van der Waals surface area contributed by atoms with Crippen LogP contribution in [0.5, 0.6) is 5.75 Å². The Morgan fingerprint density at radius 2 is 2.06 bits per heavy atom. The van der Waals surface area contributed by atoms with Crippen LogP contribution in [0.2, 0.25) is 0 Å². The molecule has 0 heterocycles. The van der Waals surface area contributed by atoms with Crippen molar-refractivity contribution in [2.24, 2.45) is 5.73 Å². The maximum atomic E-state index is 11.3. The van der Waals surface area contributed by atoms with Gasteiger partial charge < -0.3 is 21.5 Å². The average molecular weight is 237 g/mol. The third-order valence-electron chi connectivity index (χ3n) is 2.22. The molecule has 0 aliphatic carbocycles.